The Morgan fingerprint density at radius 1 is 1.07 bits per heavy atom. The second kappa shape index (κ2) is 9.21. The van der Waals surface area contributed by atoms with E-state index < -0.39 is 6.10 Å². The molecule has 5 heteroatoms. The smallest absolute Gasteiger partial charge is 0.338 e. The lowest BCUT2D eigenvalue weighted by molar-refractivity contribution is -0.122. The highest BCUT2D eigenvalue weighted by Gasteiger charge is 2.18. The quantitative estimate of drug-likeness (QED) is 0.719. The van der Waals surface area contributed by atoms with Gasteiger partial charge in [-0.05, 0) is 62.1 Å². The molecule has 0 fully saturated rings. The van der Waals surface area contributed by atoms with Crippen LogP contribution in [0.25, 0.3) is 0 Å². The molecular formula is C22H27NO4. The Bertz CT molecular complexity index is 814. The molecule has 0 bridgehead atoms. The summed E-state index contributed by atoms with van der Waals surface area (Å²) in [5, 5.41) is 2.86. The summed E-state index contributed by atoms with van der Waals surface area (Å²) in [5.41, 5.74) is 2.94. The maximum atomic E-state index is 12.5. The molecule has 0 aliphatic heterocycles. The lowest BCUT2D eigenvalue weighted by atomic mass is 10.0. The topological polar surface area (TPSA) is 64.6 Å². The number of amides is 1. The molecule has 1 amide bonds. The molecule has 0 heterocycles. The van der Waals surface area contributed by atoms with Crippen LogP contribution in [-0.2, 0) is 9.53 Å². The van der Waals surface area contributed by atoms with Crippen LogP contribution in [-0.4, -0.2) is 24.6 Å². The van der Waals surface area contributed by atoms with Gasteiger partial charge in [0.15, 0.2) is 6.10 Å². The second-order valence-electron chi connectivity index (χ2n) is 6.69. The molecule has 5 nitrogen and oxygen atoms in total. The highest BCUT2D eigenvalue weighted by Crippen LogP contribution is 2.27. The molecule has 0 aromatic heterocycles. The van der Waals surface area contributed by atoms with Gasteiger partial charge in [0.1, 0.15) is 5.75 Å². The number of hydrogen-bond acceptors (Lipinski definition) is 4. The Morgan fingerprint density at radius 3 is 2.41 bits per heavy atom. The van der Waals surface area contributed by atoms with Crippen LogP contribution in [0.5, 0.6) is 5.75 Å². The van der Waals surface area contributed by atoms with Crippen LogP contribution in [0.1, 0.15) is 55.1 Å². The molecule has 2 aromatic rings. The number of ether oxygens (including phenoxy) is 2. The van der Waals surface area contributed by atoms with E-state index in [9.17, 15) is 9.59 Å². The van der Waals surface area contributed by atoms with E-state index in [0.717, 1.165) is 11.1 Å². The summed E-state index contributed by atoms with van der Waals surface area (Å²) >= 11 is 0. The monoisotopic (exact) mass is 369 g/mol. The zero-order valence-corrected chi connectivity index (χ0v) is 16.5. The predicted octanol–water partition coefficient (Wildman–Crippen LogP) is 4.70. The van der Waals surface area contributed by atoms with E-state index in [1.165, 1.54) is 0 Å². The lowest BCUT2D eigenvalue weighted by Gasteiger charge is -2.19. The van der Waals surface area contributed by atoms with Gasteiger partial charge in [0.2, 0.25) is 0 Å². The number of carbonyl (C=O) groups is 2. The number of carbonyl (C=O) groups excluding carboxylic acids is 2. The fraction of sp³-hybridized carbons (Fsp3) is 0.364. The van der Waals surface area contributed by atoms with Crippen LogP contribution in [0.2, 0.25) is 0 Å². The van der Waals surface area contributed by atoms with Crippen molar-refractivity contribution < 1.29 is 19.1 Å². The van der Waals surface area contributed by atoms with E-state index in [1.807, 2.05) is 31.2 Å². The zero-order valence-electron chi connectivity index (χ0n) is 16.5. The highest BCUT2D eigenvalue weighted by molar-refractivity contribution is 5.96. The maximum absolute atomic E-state index is 12.5. The number of nitrogens with one attached hydrogen (secondary N) is 1. The van der Waals surface area contributed by atoms with Crippen molar-refractivity contribution in [2.75, 3.05) is 11.9 Å². The molecule has 144 valence electrons. The van der Waals surface area contributed by atoms with Crippen molar-refractivity contribution in [2.45, 2.75) is 46.6 Å². The Morgan fingerprint density at radius 2 is 1.78 bits per heavy atom. The molecule has 1 atom stereocenters. The zero-order chi connectivity index (χ0) is 20.0. The predicted molar refractivity (Wildman–Crippen MR) is 106 cm³/mol. The number of aryl methyl sites for hydroxylation is 1. The van der Waals surface area contributed by atoms with E-state index in [2.05, 4.69) is 19.2 Å². The maximum Gasteiger partial charge on any atom is 0.338 e. The van der Waals surface area contributed by atoms with Crippen LogP contribution >= 0.6 is 0 Å². The van der Waals surface area contributed by atoms with E-state index in [1.54, 1.807) is 32.0 Å². The molecule has 0 saturated carbocycles. The van der Waals surface area contributed by atoms with Crippen LogP contribution < -0.4 is 10.1 Å². The summed E-state index contributed by atoms with van der Waals surface area (Å²) in [6.45, 7) is 9.80. The Balaban J connectivity index is 2.07. The minimum absolute atomic E-state index is 0.249. The largest absolute Gasteiger partial charge is 0.481 e. The fourth-order valence-electron chi connectivity index (χ4n) is 2.69. The molecular weight excluding hydrogens is 342 g/mol. The third-order valence-electron chi connectivity index (χ3n) is 4.21. The van der Waals surface area contributed by atoms with Crippen molar-refractivity contribution in [3.05, 3.63) is 59.2 Å². The minimum atomic E-state index is -0.658. The third-order valence-corrected chi connectivity index (χ3v) is 4.21. The molecule has 0 spiro atoms. The summed E-state index contributed by atoms with van der Waals surface area (Å²) in [6.07, 6.45) is -0.658. The van der Waals surface area contributed by atoms with E-state index in [-0.39, 0.29) is 11.9 Å². The number of para-hydroxylation sites is 1. The molecule has 1 N–H and O–H groups in total. The van der Waals surface area contributed by atoms with Gasteiger partial charge < -0.3 is 14.8 Å². The average Bonchev–Trinajstić information content (AvgIpc) is 2.63. The van der Waals surface area contributed by atoms with Crippen molar-refractivity contribution in [3.63, 3.8) is 0 Å². The standard InChI is InChI=1S/C22H27NO4/c1-6-26-22(25)17-11-12-19(15(4)13-17)23-21(24)16(5)27-20-10-8-7-9-18(20)14(2)3/h7-14,16H,6H2,1-5H3,(H,23,24)/t16-/m1/s1. The molecule has 0 radical (unpaired) electrons. The van der Waals surface area contributed by atoms with E-state index >= 15 is 0 Å². The minimum Gasteiger partial charge on any atom is -0.481 e. The van der Waals surface area contributed by atoms with E-state index in [4.69, 9.17) is 9.47 Å². The van der Waals surface area contributed by atoms with Gasteiger partial charge in [-0.3, -0.25) is 4.79 Å². The first-order chi connectivity index (χ1) is 12.8. The summed E-state index contributed by atoms with van der Waals surface area (Å²) < 4.78 is 10.9. The van der Waals surface area contributed by atoms with Crippen LogP contribution in [0.15, 0.2) is 42.5 Å². The number of benzene rings is 2. The number of rotatable bonds is 7. The number of hydrogen-bond donors (Lipinski definition) is 1. The molecule has 0 saturated heterocycles. The first-order valence-electron chi connectivity index (χ1n) is 9.17. The first-order valence-corrected chi connectivity index (χ1v) is 9.17. The van der Waals surface area contributed by atoms with Gasteiger partial charge in [-0.25, -0.2) is 4.79 Å². The van der Waals surface area contributed by atoms with Crippen LogP contribution in [0.4, 0.5) is 5.69 Å². The Hall–Kier alpha value is -2.82. The third kappa shape index (κ3) is 5.33. The SMILES string of the molecule is CCOC(=O)c1ccc(NC(=O)[C@@H](C)Oc2ccccc2C(C)C)c(C)c1. The first kappa shape index (κ1) is 20.5. The molecule has 27 heavy (non-hydrogen) atoms. The summed E-state index contributed by atoms with van der Waals surface area (Å²) in [4.78, 5) is 24.3. The molecule has 0 aliphatic rings. The Kier molecular flexibility index (Phi) is 6.99. The van der Waals surface area contributed by atoms with Crippen molar-refractivity contribution in [1.82, 2.24) is 0 Å². The van der Waals surface area contributed by atoms with Gasteiger partial charge in [-0.15, -0.1) is 0 Å². The van der Waals surface area contributed by atoms with Gasteiger partial charge in [0, 0.05) is 5.69 Å². The number of anilines is 1. The molecule has 2 aromatic carbocycles. The molecule has 0 aliphatic carbocycles. The van der Waals surface area contributed by atoms with Crippen molar-refractivity contribution in [3.8, 4) is 5.75 Å². The molecule has 0 unspecified atom stereocenters. The van der Waals surface area contributed by atoms with Crippen molar-refractivity contribution >= 4 is 17.6 Å². The van der Waals surface area contributed by atoms with Crippen LogP contribution in [0, 0.1) is 6.92 Å². The Labute approximate surface area is 160 Å². The normalized spacial score (nSPS) is 11.8. The second-order valence-corrected chi connectivity index (χ2v) is 6.69. The highest BCUT2D eigenvalue weighted by atomic mass is 16.5. The van der Waals surface area contributed by atoms with Crippen LogP contribution in [0.3, 0.4) is 0 Å². The van der Waals surface area contributed by atoms with Gasteiger partial charge in [-0.1, -0.05) is 32.0 Å². The van der Waals surface area contributed by atoms with Gasteiger partial charge >= 0.3 is 5.97 Å². The number of esters is 1. The summed E-state index contributed by atoms with van der Waals surface area (Å²) in [7, 11) is 0. The molecule has 2 rings (SSSR count). The average molecular weight is 369 g/mol. The van der Waals surface area contributed by atoms with Crippen molar-refractivity contribution in [2.24, 2.45) is 0 Å². The summed E-state index contributed by atoms with van der Waals surface area (Å²) in [5.74, 6) is 0.389. The van der Waals surface area contributed by atoms with Gasteiger partial charge in [0.25, 0.3) is 5.91 Å². The fourth-order valence-corrected chi connectivity index (χ4v) is 2.69. The van der Waals surface area contributed by atoms with Crippen molar-refractivity contribution in [1.29, 1.82) is 0 Å². The van der Waals surface area contributed by atoms with Gasteiger partial charge in [0.05, 0.1) is 12.2 Å². The summed E-state index contributed by atoms with van der Waals surface area (Å²) in [6, 6.07) is 12.8. The van der Waals surface area contributed by atoms with Gasteiger partial charge in [-0.2, -0.15) is 0 Å². The lowest BCUT2D eigenvalue weighted by Crippen LogP contribution is -2.30. The van der Waals surface area contributed by atoms with E-state index in [0.29, 0.717) is 29.5 Å².